The normalized spacial score (nSPS) is 11.0. The summed E-state index contributed by atoms with van der Waals surface area (Å²) in [5.41, 5.74) is 4.87. The van der Waals surface area contributed by atoms with Gasteiger partial charge in [0.2, 0.25) is 5.78 Å². The molecule has 2 rings (SSSR count). The van der Waals surface area contributed by atoms with Crippen LogP contribution in [0.5, 0.6) is 5.75 Å². The second-order valence-corrected chi connectivity index (χ2v) is 5.52. The Labute approximate surface area is 136 Å². The Morgan fingerprint density at radius 3 is 2.22 bits per heavy atom. The van der Waals surface area contributed by atoms with Gasteiger partial charge in [0.15, 0.2) is 0 Å². The quantitative estimate of drug-likeness (QED) is 0.477. The third kappa shape index (κ3) is 3.67. The molecule has 0 bridgehead atoms. The third-order valence-electron chi connectivity index (χ3n) is 3.90. The molecule has 3 nitrogen and oxygen atoms in total. The number of rotatable bonds is 4. The van der Waals surface area contributed by atoms with Crippen LogP contribution < -0.4 is 4.74 Å². The minimum absolute atomic E-state index is 0.126. The zero-order chi connectivity index (χ0) is 17.0. The Morgan fingerprint density at radius 1 is 1.04 bits per heavy atom. The average molecular weight is 305 g/mol. The number of aryl methyl sites for hydroxylation is 3. The number of methoxy groups -OCH3 is 1. The van der Waals surface area contributed by atoms with Gasteiger partial charge in [0.25, 0.3) is 0 Å². The zero-order valence-corrected chi connectivity index (χ0v) is 13.8. The van der Waals surface area contributed by atoms with E-state index >= 15 is 0 Å². The second kappa shape index (κ2) is 6.93. The number of allylic oxidation sites excluding steroid dienone is 1. The molecule has 0 atom stereocenters. The van der Waals surface area contributed by atoms with Crippen LogP contribution in [0, 0.1) is 32.1 Å². The molecule has 0 amide bonds. The average Bonchev–Trinajstić information content (AvgIpc) is 2.56. The molecule has 0 aliphatic carbocycles. The molecule has 0 aliphatic rings. The van der Waals surface area contributed by atoms with E-state index in [2.05, 4.69) is 6.07 Å². The van der Waals surface area contributed by atoms with E-state index in [-0.39, 0.29) is 11.4 Å². The summed E-state index contributed by atoms with van der Waals surface area (Å²) in [6.45, 7) is 6.04. The summed E-state index contributed by atoms with van der Waals surface area (Å²) in [6.07, 6.45) is 1.66. The van der Waals surface area contributed by atoms with Crippen LogP contribution in [0.15, 0.2) is 42.0 Å². The lowest BCUT2D eigenvalue weighted by atomic mass is 9.97. The number of nitrogens with zero attached hydrogens (tertiary/aromatic N) is 1. The molecular formula is C20H19NO2. The molecule has 116 valence electrons. The number of nitriles is 1. The lowest BCUT2D eigenvalue weighted by Gasteiger charge is -2.07. The fourth-order valence-electron chi connectivity index (χ4n) is 2.34. The van der Waals surface area contributed by atoms with Gasteiger partial charge in [0.1, 0.15) is 17.4 Å². The molecule has 0 unspecified atom stereocenters. The first-order valence-electron chi connectivity index (χ1n) is 7.34. The van der Waals surface area contributed by atoms with Crippen molar-refractivity contribution in [1.29, 1.82) is 5.26 Å². The summed E-state index contributed by atoms with van der Waals surface area (Å²) < 4.78 is 5.08. The molecule has 3 heteroatoms. The largest absolute Gasteiger partial charge is 0.497 e. The summed E-state index contributed by atoms with van der Waals surface area (Å²) in [7, 11) is 1.57. The molecule has 0 heterocycles. The Hall–Kier alpha value is -2.86. The van der Waals surface area contributed by atoms with Gasteiger partial charge in [-0.05, 0) is 73.4 Å². The first kappa shape index (κ1) is 16.5. The van der Waals surface area contributed by atoms with Crippen LogP contribution in [0.3, 0.4) is 0 Å². The van der Waals surface area contributed by atoms with Gasteiger partial charge in [0, 0.05) is 5.56 Å². The van der Waals surface area contributed by atoms with Crippen molar-refractivity contribution in [3.05, 3.63) is 69.8 Å². The lowest BCUT2D eigenvalue weighted by molar-refractivity contribution is 0.104. The first-order chi connectivity index (χ1) is 11.0. The number of carbonyl (C=O) groups excluding carboxylic acids is 1. The van der Waals surface area contributed by atoms with Crippen molar-refractivity contribution in [3.63, 3.8) is 0 Å². The van der Waals surface area contributed by atoms with E-state index in [9.17, 15) is 10.1 Å². The van der Waals surface area contributed by atoms with Crippen molar-refractivity contribution in [2.75, 3.05) is 7.11 Å². The monoisotopic (exact) mass is 305 g/mol. The third-order valence-corrected chi connectivity index (χ3v) is 3.90. The van der Waals surface area contributed by atoms with E-state index in [1.54, 1.807) is 37.5 Å². The minimum Gasteiger partial charge on any atom is -0.497 e. The molecule has 0 aliphatic heterocycles. The van der Waals surface area contributed by atoms with E-state index in [1.807, 2.05) is 32.9 Å². The van der Waals surface area contributed by atoms with E-state index in [0.29, 0.717) is 11.3 Å². The Bertz CT molecular complexity index is 809. The number of hydrogen-bond donors (Lipinski definition) is 0. The molecule has 2 aromatic carbocycles. The Morgan fingerprint density at radius 2 is 1.65 bits per heavy atom. The van der Waals surface area contributed by atoms with Crippen LogP contribution in [0.1, 0.15) is 32.6 Å². The number of Topliss-reactive ketones (excluding diaryl/α,β-unsaturated/α-hetero) is 1. The molecule has 2 aromatic rings. The molecule has 0 aromatic heterocycles. The molecular weight excluding hydrogens is 286 g/mol. The molecule has 0 fully saturated rings. The minimum atomic E-state index is -0.284. The van der Waals surface area contributed by atoms with Gasteiger partial charge in [-0.25, -0.2) is 0 Å². The van der Waals surface area contributed by atoms with Crippen LogP contribution in [-0.4, -0.2) is 12.9 Å². The second-order valence-electron chi connectivity index (χ2n) is 5.52. The highest BCUT2D eigenvalue weighted by Gasteiger charge is 2.13. The van der Waals surface area contributed by atoms with Crippen molar-refractivity contribution >= 4 is 11.9 Å². The summed E-state index contributed by atoms with van der Waals surface area (Å²) in [5.74, 6) is 0.391. The van der Waals surface area contributed by atoms with Crippen LogP contribution >= 0.6 is 0 Å². The fraction of sp³-hybridized carbons (Fsp3) is 0.200. The Kier molecular flexibility index (Phi) is 4.98. The van der Waals surface area contributed by atoms with Gasteiger partial charge in [-0.2, -0.15) is 5.26 Å². The standard InChI is InChI=1S/C20H19NO2/c1-13-9-15(3)17(10-14(13)2)11-18(12-21)20(22)16-5-7-19(23-4)8-6-16/h5-11H,1-4H3/b18-11+. The maximum atomic E-state index is 12.5. The zero-order valence-electron chi connectivity index (χ0n) is 13.8. The van der Waals surface area contributed by atoms with Gasteiger partial charge in [0.05, 0.1) is 7.11 Å². The van der Waals surface area contributed by atoms with E-state index in [0.717, 1.165) is 16.7 Å². The van der Waals surface area contributed by atoms with Gasteiger partial charge in [-0.15, -0.1) is 0 Å². The van der Waals surface area contributed by atoms with Crippen LogP contribution in [0.4, 0.5) is 0 Å². The van der Waals surface area contributed by atoms with Crippen LogP contribution in [0.25, 0.3) is 6.08 Å². The summed E-state index contributed by atoms with van der Waals surface area (Å²) in [4.78, 5) is 12.5. The van der Waals surface area contributed by atoms with Crippen LogP contribution in [-0.2, 0) is 0 Å². The predicted octanol–water partition coefficient (Wildman–Crippen LogP) is 4.41. The summed E-state index contributed by atoms with van der Waals surface area (Å²) in [5, 5.41) is 9.37. The van der Waals surface area contributed by atoms with Crippen molar-refractivity contribution in [2.24, 2.45) is 0 Å². The van der Waals surface area contributed by atoms with Gasteiger partial charge < -0.3 is 4.74 Å². The maximum Gasteiger partial charge on any atom is 0.203 e. The Balaban J connectivity index is 2.40. The highest BCUT2D eigenvalue weighted by molar-refractivity contribution is 6.14. The maximum absolute atomic E-state index is 12.5. The van der Waals surface area contributed by atoms with E-state index in [4.69, 9.17) is 4.74 Å². The molecule has 0 N–H and O–H groups in total. The predicted molar refractivity (Wildman–Crippen MR) is 91.6 cm³/mol. The van der Waals surface area contributed by atoms with E-state index in [1.165, 1.54) is 5.56 Å². The lowest BCUT2D eigenvalue weighted by Crippen LogP contribution is -2.02. The number of benzene rings is 2. The molecule has 23 heavy (non-hydrogen) atoms. The highest BCUT2D eigenvalue weighted by Crippen LogP contribution is 2.20. The van der Waals surface area contributed by atoms with Gasteiger partial charge in [-0.1, -0.05) is 12.1 Å². The van der Waals surface area contributed by atoms with E-state index < -0.39 is 0 Å². The molecule has 0 radical (unpaired) electrons. The first-order valence-corrected chi connectivity index (χ1v) is 7.34. The van der Waals surface area contributed by atoms with Gasteiger partial charge >= 0.3 is 0 Å². The van der Waals surface area contributed by atoms with Crippen molar-refractivity contribution in [1.82, 2.24) is 0 Å². The van der Waals surface area contributed by atoms with Crippen LogP contribution in [0.2, 0.25) is 0 Å². The molecule has 0 saturated carbocycles. The van der Waals surface area contributed by atoms with Gasteiger partial charge in [-0.3, -0.25) is 4.79 Å². The number of hydrogen-bond acceptors (Lipinski definition) is 3. The smallest absolute Gasteiger partial charge is 0.203 e. The fourth-order valence-corrected chi connectivity index (χ4v) is 2.34. The number of ketones is 1. The van der Waals surface area contributed by atoms with Crippen molar-refractivity contribution < 1.29 is 9.53 Å². The molecule has 0 saturated heterocycles. The SMILES string of the molecule is COc1ccc(C(=O)/C(C#N)=C/c2cc(C)c(C)cc2C)cc1. The topological polar surface area (TPSA) is 50.1 Å². The molecule has 0 spiro atoms. The summed E-state index contributed by atoms with van der Waals surface area (Å²) >= 11 is 0. The van der Waals surface area contributed by atoms with Crippen molar-refractivity contribution in [2.45, 2.75) is 20.8 Å². The number of ether oxygens (including phenoxy) is 1. The highest BCUT2D eigenvalue weighted by atomic mass is 16.5. The summed E-state index contributed by atoms with van der Waals surface area (Å²) in [6, 6.07) is 12.8. The van der Waals surface area contributed by atoms with Crippen molar-refractivity contribution in [3.8, 4) is 11.8 Å². The number of carbonyl (C=O) groups is 1.